The van der Waals surface area contributed by atoms with E-state index in [1.165, 1.54) is 34.5 Å². The number of carbonyl (C=O) groups excluding carboxylic acids is 2. The summed E-state index contributed by atoms with van der Waals surface area (Å²) in [6.07, 6.45) is 7.30. The molecule has 1 aromatic heterocycles. The van der Waals surface area contributed by atoms with E-state index in [0.717, 1.165) is 19.3 Å². The molecule has 0 aliphatic rings. The van der Waals surface area contributed by atoms with Gasteiger partial charge in [0.1, 0.15) is 0 Å². The number of hydrogen-bond acceptors (Lipinski definition) is 9. The van der Waals surface area contributed by atoms with Crippen molar-refractivity contribution in [3.8, 4) is 28.7 Å². The number of ether oxygens (including phenoxy) is 6. The number of hydrogen-bond donors (Lipinski definition) is 0. The Hall–Kier alpha value is -3.75. The SMILES string of the molecule is CCOC(=O)CCCCCOc1cc(/C=C/C(=O)c2cc(OC)c(OC)c(OC)c2)ncc1OC. The summed E-state index contributed by atoms with van der Waals surface area (Å²) in [5.41, 5.74) is 0.910. The topological polar surface area (TPSA) is 102 Å². The molecule has 0 N–H and O–H groups in total. The Kier molecular flexibility index (Phi) is 11.4. The lowest BCUT2D eigenvalue weighted by Crippen LogP contribution is -2.04. The van der Waals surface area contributed by atoms with Gasteiger partial charge in [0.25, 0.3) is 0 Å². The molecular formula is C26H33NO8. The molecular weight excluding hydrogens is 454 g/mol. The molecule has 0 saturated heterocycles. The average molecular weight is 488 g/mol. The maximum absolute atomic E-state index is 12.8. The molecule has 0 aliphatic heterocycles. The van der Waals surface area contributed by atoms with Crippen LogP contribution in [-0.4, -0.2) is 58.4 Å². The van der Waals surface area contributed by atoms with Gasteiger partial charge in [0, 0.05) is 18.1 Å². The predicted octanol–water partition coefficient (Wildman–Crippen LogP) is 4.51. The summed E-state index contributed by atoms with van der Waals surface area (Å²) in [4.78, 5) is 28.5. The van der Waals surface area contributed by atoms with E-state index in [-0.39, 0.29) is 11.8 Å². The molecule has 35 heavy (non-hydrogen) atoms. The highest BCUT2D eigenvalue weighted by atomic mass is 16.5. The Bertz CT molecular complexity index is 993. The molecule has 9 nitrogen and oxygen atoms in total. The fourth-order valence-corrected chi connectivity index (χ4v) is 3.24. The summed E-state index contributed by atoms with van der Waals surface area (Å²) in [5.74, 6) is 1.77. The highest BCUT2D eigenvalue weighted by Gasteiger charge is 2.16. The predicted molar refractivity (Wildman–Crippen MR) is 131 cm³/mol. The van der Waals surface area contributed by atoms with Crippen LogP contribution in [0.3, 0.4) is 0 Å². The molecule has 1 heterocycles. The van der Waals surface area contributed by atoms with Gasteiger partial charge in [0.05, 0.1) is 53.5 Å². The van der Waals surface area contributed by atoms with Crippen LogP contribution < -0.4 is 23.7 Å². The van der Waals surface area contributed by atoms with E-state index < -0.39 is 0 Å². The van der Waals surface area contributed by atoms with Gasteiger partial charge in [0.15, 0.2) is 28.8 Å². The van der Waals surface area contributed by atoms with E-state index in [1.54, 1.807) is 37.4 Å². The lowest BCUT2D eigenvalue weighted by molar-refractivity contribution is -0.143. The first-order valence-electron chi connectivity index (χ1n) is 11.3. The number of carbonyl (C=O) groups is 2. The molecule has 0 saturated carbocycles. The minimum Gasteiger partial charge on any atom is -0.493 e. The molecule has 0 aliphatic carbocycles. The zero-order valence-corrected chi connectivity index (χ0v) is 20.9. The number of rotatable bonds is 15. The van der Waals surface area contributed by atoms with Crippen molar-refractivity contribution in [1.82, 2.24) is 4.98 Å². The summed E-state index contributed by atoms with van der Waals surface area (Å²) in [6, 6.07) is 4.88. The van der Waals surface area contributed by atoms with Crippen molar-refractivity contribution in [3.63, 3.8) is 0 Å². The van der Waals surface area contributed by atoms with Crippen molar-refractivity contribution in [1.29, 1.82) is 0 Å². The highest BCUT2D eigenvalue weighted by Crippen LogP contribution is 2.38. The van der Waals surface area contributed by atoms with Crippen molar-refractivity contribution in [3.05, 3.63) is 41.7 Å². The van der Waals surface area contributed by atoms with Gasteiger partial charge in [0.2, 0.25) is 5.75 Å². The van der Waals surface area contributed by atoms with E-state index in [2.05, 4.69) is 4.98 Å². The van der Waals surface area contributed by atoms with E-state index in [0.29, 0.717) is 59.6 Å². The monoisotopic (exact) mass is 487 g/mol. The number of ketones is 1. The number of pyridine rings is 1. The second kappa shape index (κ2) is 14.5. The number of esters is 1. The first kappa shape index (κ1) is 27.5. The lowest BCUT2D eigenvalue weighted by atomic mass is 10.1. The summed E-state index contributed by atoms with van der Waals surface area (Å²) in [7, 11) is 6.02. The van der Waals surface area contributed by atoms with Gasteiger partial charge in [-0.05, 0) is 50.5 Å². The van der Waals surface area contributed by atoms with Crippen molar-refractivity contribution >= 4 is 17.8 Å². The molecule has 2 rings (SSSR count). The number of nitrogens with zero attached hydrogens (tertiary/aromatic N) is 1. The molecule has 9 heteroatoms. The number of allylic oxidation sites excluding steroid dienone is 1. The van der Waals surface area contributed by atoms with Gasteiger partial charge in [-0.1, -0.05) is 0 Å². The quantitative estimate of drug-likeness (QED) is 0.155. The van der Waals surface area contributed by atoms with E-state index in [9.17, 15) is 9.59 Å². The molecule has 0 unspecified atom stereocenters. The van der Waals surface area contributed by atoms with Crippen LogP contribution in [0, 0.1) is 0 Å². The van der Waals surface area contributed by atoms with Gasteiger partial charge in [-0.25, -0.2) is 0 Å². The number of benzene rings is 1. The Morgan fingerprint density at radius 3 is 2.14 bits per heavy atom. The van der Waals surface area contributed by atoms with Crippen LogP contribution in [0.25, 0.3) is 6.08 Å². The molecule has 0 spiro atoms. The molecule has 0 atom stereocenters. The zero-order valence-electron chi connectivity index (χ0n) is 20.9. The summed E-state index contributed by atoms with van der Waals surface area (Å²) in [5, 5.41) is 0. The fourth-order valence-electron chi connectivity index (χ4n) is 3.24. The van der Waals surface area contributed by atoms with Crippen LogP contribution in [0.2, 0.25) is 0 Å². The minimum absolute atomic E-state index is 0.179. The Labute approximate surface area is 205 Å². The first-order chi connectivity index (χ1) is 17.0. The number of methoxy groups -OCH3 is 4. The van der Waals surface area contributed by atoms with Gasteiger partial charge < -0.3 is 28.4 Å². The van der Waals surface area contributed by atoms with E-state index in [1.807, 2.05) is 0 Å². The van der Waals surface area contributed by atoms with Crippen LogP contribution in [0.4, 0.5) is 0 Å². The molecule has 0 bridgehead atoms. The van der Waals surface area contributed by atoms with Crippen molar-refractivity contribution in [2.45, 2.75) is 32.6 Å². The van der Waals surface area contributed by atoms with Crippen LogP contribution in [0.15, 0.2) is 30.5 Å². The van der Waals surface area contributed by atoms with Crippen molar-refractivity contribution < 1.29 is 38.0 Å². The highest BCUT2D eigenvalue weighted by molar-refractivity contribution is 6.07. The third-order valence-corrected chi connectivity index (χ3v) is 5.02. The number of aromatic nitrogens is 1. The standard InChI is InChI=1S/C26H33NO8/c1-6-34-25(29)10-8-7-9-13-35-21-16-19(27-17-24(21)32-4)11-12-20(28)18-14-22(30-2)26(33-5)23(15-18)31-3/h11-12,14-17H,6-10,13H2,1-5H3/b12-11+. The van der Waals surface area contributed by atoms with Crippen LogP contribution in [-0.2, 0) is 9.53 Å². The summed E-state index contributed by atoms with van der Waals surface area (Å²) < 4.78 is 32.0. The van der Waals surface area contributed by atoms with Crippen molar-refractivity contribution in [2.24, 2.45) is 0 Å². The molecule has 1 aromatic carbocycles. The third kappa shape index (κ3) is 8.20. The van der Waals surface area contributed by atoms with Gasteiger partial charge >= 0.3 is 5.97 Å². The van der Waals surface area contributed by atoms with Crippen molar-refractivity contribution in [2.75, 3.05) is 41.7 Å². The molecule has 0 fully saturated rings. The Morgan fingerprint density at radius 1 is 0.857 bits per heavy atom. The van der Waals surface area contributed by atoms with Crippen LogP contribution >= 0.6 is 0 Å². The molecule has 2 aromatic rings. The number of unbranched alkanes of at least 4 members (excludes halogenated alkanes) is 2. The Balaban J connectivity index is 2.03. The molecule has 0 amide bonds. The zero-order chi connectivity index (χ0) is 25.6. The summed E-state index contributed by atoms with van der Waals surface area (Å²) in [6.45, 7) is 2.64. The normalized spacial score (nSPS) is 10.7. The van der Waals surface area contributed by atoms with Gasteiger partial charge in [-0.3, -0.25) is 14.6 Å². The van der Waals surface area contributed by atoms with E-state index >= 15 is 0 Å². The third-order valence-electron chi connectivity index (χ3n) is 5.02. The van der Waals surface area contributed by atoms with E-state index in [4.69, 9.17) is 28.4 Å². The second-order valence-electron chi connectivity index (χ2n) is 7.34. The van der Waals surface area contributed by atoms with Gasteiger partial charge in [-0.15, -0.1) is 0 Å². The maximum Gasteiger partial charge on any atom is 0.305 e. The van der Waals surface area contributed by atoms with Gasteiger partial charge in [-0.2, -0.15) is 0 Å². The second-order valence-corrected chi connectivity index (χ2v) is 7.34. The smallest absolute Gasteiger partial charge is 0.305 e. The molecule has 190 valence electrons. The first-order valence-corrected chi connectivity index (χ1v) is 11.3. The Morgan fingerprint density at radius 2 is 1.54 bits per heavy atom. The largest absolute Gasteiger partial charge is 0.493 e. The van der Waals surface area contributed by atoms with Crippen LogP contribution in [0.5, 0.6) is 28.7 Å². The van der Waals surface area contributed by atoms with Crippen LogP contribution in [0.1, 0.15) is 48.7 Å². The minimum atomic E-state index is -0.258. The maximum atomic E-state index is 12.8. The summed E-state index contributed by atoms with van der Waals surface area (Å²) >= 11 is 0. The molecule has 0 radical (unpaired) electrons. The average Bonchev–Trinajstić information content (AvgIpc) is 2.88. The fraction of sp³-hybridized carbons (Fsp3) is 0.423. The lowest BCUT2D eigenvalue weighted by Gasteiger charge is -2.13.